The van der Waals surface area contributed by atoms with Gasteiger partial charge in [0.2, 0.25) is 5.13 Å². The minimum Gasteiger partial charge on any atom is -0.505 e. The van der Waals surface area contributed by atoms with E-state index in [2.05, 4.69) is 39.4 Å². The summed E-state index contributed by atoms with van der Waals surface area (Å²) in [5, 5.41) is 20.6. The smallest absolute Gasteiger partial charge is 0.301 e. The van der Waals surface area contributed by atoms with E-state index in [0.717, 1.165) is 11.1 Å². The number of Topliss-reactive ketones (excluding diaryl/α,β-unsaturated/α-hetero) is 1. The van der Waals surface area contributed by atoms with E-state index in [4.69, 9.17) is 0 Å². The number of pyridine rings is 1. The Kier molecular flexibility index (Phi) is 6.73. The topological polar surface area (TPSA) is 101 Å². The van der Waals surface area contributed by atoms with Crippen molar-refractivity contribution < 1.29 is 14.7 Å². The van der Waals surface area contributed by atoms with Crippen molar-refractivity contribution in [1.82, 2.24) is 19.6 Å². The van der Waals surface area contributed by atoms with Crippen molar-refractivity contribution in [2.24, 2.45) is 0 Å². The molecular formula is C30H25N5O3S2. The van der Waals surface area contributed by atoms with Gasteiger partial charge in [0.25, 0.3) is 5.78 Å². The third-order valence-corrected chi connectivity index (χ3v) is 8.98. The predicted molar refractivity (Wildman–Crippen MR) is 157 cm³/mol. The molecule has 10 heteroatoms. The fourth-order valence-corrected chi connectivity index (χ4v) is 6.63. The zero-order valence-electron chi connectivity index (χ0n) is 22.0. The predicted octanol–water partition coefficient (Wildman–Crippen LogP) is 6.03. The van der Waals surface area contributed by atoms with E-state index in [0.29, 0.717) is 37.8 Å². The maximum absolute atomic E-state index is 13.6. The average Bonchev–Trinajstić information content (AvgIpc) is 3.62. The van der Waals surface area contributed by atoms with Crippen molar-refractivity contribution in [3.05, 3.63) is 112 Å². The summed E-state index contributed by atoms with van der Waals surface area (Å²) in [6.45, 7) is 5.77. The number of hydrogen-bond donors (Lipinski definition) is 1. The fourth-order valence-electron chi connectivity index (χ4n) is 4.81. The van der Waals surface area contributed by atoms with Crippen molar-refractivity contribution in [1.29, 1.82) is 0 Å². The van der Waals surface area contributed by atoms with Crippen molar-refractivity contribution in [3.8, 4) is 0 Å². The minimum atomic E-state index is -0.878. The highest BCUT2D eigenvalue weighted by Crippen LogP contribution is 2.44. The van der Waals surface area contributed by atoms with Crippen molar-refractivity contribution in [2.45, 2.75) is 36.9 Å². The molecule has 40 heavy (non-hydrogen) atoms. The molecule has 0 aliphatic carbocycles. The van der Waals surface area contributed by atoms with E-state index in [1.807, 2.05) is 56.3 Å². The number of carbonyl (C=O) groups is 2. The molecule has 6 rings (SSSR count). The molecule has 5 aromatic rings. The Bertz CT molecular complexity index is 1790. The van der Waals surface area contributed by atoms with Crippen LogP contribution in [0.5, 0.6) is 0 Å². The third kappa shape index (κ3) is 4.59. The van der Waals surface area contributed by atoms with Gasteiger partial charge in [0.05, 0.1) is 17.3 Å². The number of fused-ring (bicyclic) bond motifs is 1. The zero-order valence-corrected chi connectivity index (χ0v) is 23.7. The quantitative estimate of drug-likeness (QED) is 0.0879. The van der Waals surface area contributed by atoms with E-state index in [1.165, 1.54) is 33.6 Å². The van der Waals surface area contributed by atoms with E-state index in [1.54, 1.807) is 17.5 Å². The number of aliphatic hydroxyl groups is 1. The van der Waals surface area contributed by atoms with Crippen LogP contribution in [0.3, 0.4) is 0 Å². The highest BCUT2D eigenvalue weighted by molar-refractivity contribution is 8.00. The number of thioether (sulfide) groups is 1. The number of benzene rings is 2. The molecule has 0 saturated carbocycles. The first-order valence-corrected chi connectivity index (χ1v) is 14.5. The number of amides is 1. The van der Waals surface area contributed by atoms with Gasteiger partial charge < -0.3 is 5.11 Å². The van der Waals surface area contributed by atoms with Gasteiger partial charge in [-0.25, -0.2) is 4.98 Å². The zero-order chi connectivity index (χ0) is 28.0. The van der Waals surface area contributed by atoms with E-state index in [9.17, 15) is 14.7 Å². The molecule has 1 atom stereocenters. The number of aliphatic hydroxyl groups excluding tert-OH is 1. The summed E-state index contributed by atoms with van der Waals surface area (Å²) >= 11 is 2.77. The van der Waals surface area contributed by atoms with Gasteiger partial charge in [-0.05, 0) is 44.0 Å². The second-order valence-electron chi connectivity index (χ2n) is 9.68. The second-order valence-corrected chi connectivity index (χ2v) is 11.9. The first-order chi connectivity index (χ1) is 19.3. The molecule has 3 aromatic heterocycles. The van der Waals surface area contributed by atoms with Crippen LogP contribution in [0.25, 0.3) is 11.4 Å². The molecule has 8 nitrogen and oxygen atoms in total. The monoisotopic (exact) mass is 567 g/mol. The number of nitrogens with zero attached hydrogens (tertiary/aromatic N) is 5. The number of rotatable bonds is 6. The molecule has 1 fully saturated rings. The lowest BCUT2D eigenvalue weighted by Crippen LogP contribution is -2.29. The highest BCUT2D eigenvalue weighted by atomic mass is 32.2. The summed E-state index contributed by atoms with van der Waals surface area (Å²) in [6, 6.07) is 20.4. The van der Waals surface area contributed by atoms with Crippen molar-refractivity contribution in [2.75, 3.05) is 4.90 Å². The SMILES string of the molecule is Cc1ccc(CSc2nnc(N3C(=O)C(=O)/C(=C(/O)c4c(C)nc5ccccn45)C3c3ccc(C)cc3)s2)cc1. The molecule has 0 bridgehead atoms. The number of carbonyl (C=O) groups excluding carboxylic acids is 2. The maximum atomic E-state index is 13.6. The van der Waals surface area contributed by atoms with Gasteiger partial charge >= 0.3 is 5.91 Å². The normalized spacial score (nSPS) is 16.8. The second kappa shape index (κ2) is 10.4. The number of hydrogen-bond acceptors (Lipinski definition) is 8. The van der Waals surface area contributed by atoms with Gasteiger partial charge in [0.15, 0.2) is 10.1 Å². The van der Waals surface area contributed by atoms with Crippen LogP contribution in [-0.4, -0.2) is 36.4 Å². The molecule has 1 saturated heterocycles. The molecule has 1 aliphatic heterocycles. The Labute approximate surface area is 239 Å². The van der Waals surface area contributed by atoms with Gasteiger partial charge in [-0.1, -0.05) is 88.8 Å². The summed E-state index contributed by atoms with van der Waals surface area (Å²) < 4.78 is 2.40. The van der Waals surface area contributed by atoms with Crippen LogP contribution in [-0.2, 0) is 15.3 Å². The largest absolute Gasteiger partial charge is 0.505 e. The lowest BCUT2D eigenvalue weighted by atomic mass is 9.96. The van der Waals surface area contributed by atoms with Crippen LogP contribution in [0.4, 0.5) is 5.13 Å². The first kappa shape index (κ1) is 26.0. The molecule has 0 radical (unpaired) electrons. The maximum Gasteiger partial charge on any atom is 0.301 e. The van der Waals surface area contributed by atoms with Crippen LogP contribution in [0.2, 0.25) is 0 Å². The molecule has 1 amide bonds. The van der Waals surface area contributed by atoms with Gasteiger partial charge in [0.1, 0.15) is 11.3 Å². The number of aryl methyl sites for hydroxylation is 3. The third-order valence-electron chi connectivity index (χ3n) is 6.85. The molecular weight excluding hydrogens is 542 g/mol. The van der Waals surface area contributed by atoms with Gasteiger partial charge in [-0.15, -0.1) is 10.2 Å². The van der Waals surface area contributed by atoms with Gasteiger partial charge in [-0.3, -0.25) is 18.9 Å². The standard InChI is InChI=1S/C30H25N5O3S2/c1-17-7-11-20(12-8-17)16-39-30-33-32-29(40-30)35-25(21-13-9-18(2)10-14-21)23(27(37)28(35)38)26(36)24-19(3)31-22-6-4-5-15-34(22)24/h4-15,25,36H,16H2,1-3H3/b26-23+. The van der Waals surface area contributed by atoms with Crippen LogP contribution < -0.4 is 4.90 Å². The van der Waals surface area contributed by atoms with E-state index >= 15 is 0 Å². The van der Waals surface area contributed by atoms with Crippen LogP contribution in [0, 0.1) is 20.8 Å². The number of ketones is 1. The highest BCUT2D eigenvalue weighted by Gasteiger charge is 2.48. The summed E-state index contributed by atoms with van der Waals surface area (Å²) in [6.07, 6.45) is 1.77. The molecule has 4 heterocycles. The Hall–Kier alpha value is -4.28. The Morgan fingerprint density at radius 2 is 1.65 bits per heavy atom. The molecule has 1 aliphatic rings. The minimum absolute atomic E-state index is 0.00772. The lowest BCUT2D eigenvalue weighted by Gasteiger charge is -2.22. The lowest BCUT2D eigenvalue weighted by molar-refractivity contribution is -0.132. The Balaban J connectivity index is 1.43. The fraction of sp³-hybridized carbons (Fsp3) is 0.167. The van der Waals surface area contributed by atoms with Crippen LogP contribution in [0.1, 0.15) is 39.7 Å². The number of imidazole rings is 1. The number of aromatic nitrogens is 4. The molecule has 200 valence electrons. The van der Waals surface area contributed by atoms with Crippen LogP contribution >= 0.6 is 23.1 Å². The van der Waals surface area contributed by atoms with Crippen molar-refractivity contribution >= 4 is 51.3 Å². The molecule has 0 spiro atoms. The summed E-state index contributed by atoms with van der Waals surface area (Å²) in [5.74, 6) is -1.12. The summed E-state index contributed by atoms with van der Waals surface area (Å²) in [4.78, 5) is 33.0. The molecule has 1 unspecified atom stereocenters. The van der Waals surface area contributed by atoms with E-state index in [-0.39, 0.29) is 11.3 Å². The number of anilines is 1. The molecule has 1 N–H and O–H groups in total. The average molecular weight is 568 g/mol. The van der Waals surface area contributed by atoms with Crippen LogP contribution in [0.15, 0.2) is 82.8 Å². The Morgan fingerprint density at radius 3 is 2.38 bits per heavy atom. The summed E-state index contributed by atoms with van der Waals surface area (Å²) in [7, 11) is 0. The van der Waals surface area contributed by atoms with Gasteiger partial charge in [-0.2, -0.15) is 0 Å². The van der Waals surface area contributed by atoms with Crippen molar-refractivity contribution in [3.63, 3.8) is 0 Å². The van der Waals surface area contributed by atoms with Gasteiger partial charge in [0, 0.05) is 11.9 Å². The summed E-state index contributed by atoms with van der Waals surface area (Å²) in [5.41, 5.74) is 5.59. The first-order valence-electron chi connectivity index (χ1n) is 12.7. The van der Waals surface area contributed by atoms with E-state index < -0.39 is 17.7 Å². The Morgan fingerprint density at radius 1 is 0.950 bits per heavy atom. The molecule has 2 aromatic carbocycles.